The summed E-state index contributed by atoms with van der Waals surface area (Å²) in [5, 5.41) is 11.8. The van der Waals surface area contributed by atoms with Crippen LogP contribution < -0.4 is 4.48 Å². The molecule has 170 valence electrons. The number of hydrogen-bond donors (Lipinski definition) is 0. The van der Waals surface area contributed by atoms with E-state index in [1.165, 1.54) is 5.69 Å². The molecule has 0 aliphatic carbocycles. The lowest BCUT2D eigenvalue weighted by Crippen LogP contribution is -2.34. The first-order valence-electron chi connectivity index (χ1n) is 11.0. The van der Waals surface area contributed by atoms with Crippen molar-refractivity contribution < 1.29 is 14.5 Å². The maximum atomic E-state index is 12.1. The summed E-state index contributed by atoms with van der Waals surface area (Å²) in [5.74, 6) is -0.184. The number of aryl methyl sites for hydroxylation is 1. The van der Waals surface area contributed by atoms with E-state index in [0.29, 0.717) is 13.0 Å². The molecule has 1 aromatic heterocycles. The van der Waals surface area contributed by atoms with Crippen LogP contribution in [-0.4, -0.2) is 43.2 Å². The van der Waals surface area contributed by atoms with Crippen LogP contribution in [0, 0.1) is 10.1 Å². The van der Waals surface area contributed by atoms with E-state index in [-0.39, 0.29) is 16.6 Å². The third-order valence-electron chi connectivity index (χ3n) is 5.58. The first-order valence-corrected chi connectivity index (χ1v) is 11.0. The summed E-state index contributed by atoms with van der Waals surface area (Å²) >= 11 is 0. The predicted octanol–water partition coefficient (Wildman–Crippen LogP) is 5.09. The lowest BCUT2D eigenvalue weighted by molar-refractivity contribution is -0.384. The third-order valence-corrected chi connectivity index (χ3v) is 5.58. The molecule has 1 heterocycles. The Labute approximate surface area is 189 Å². The minimum Gasteiger partial charge on any atom is -0.465 e. The zero-order valence-electron chi connectivity index (χ0n) is 19.1. The topological polar surface area (TPSA) is 74.4 Å². The van der Waals surface area contributed by atoms with E-state index in [0.717, 1.165) is 53.2 Å². The molecule has 32 heavy (non-hydrogen) atoms. The van der Waals surface area contributed by atoms with Crippen LogP contribution in [0.1, 0.15) is 31.2 Å². The Morgan fingerprint density at radius 3 is 2.41 bits per heavy atom. The lowest BCUT2D eigenvalue weighted by Gasteiger charge is -2.23. The zero-order valence-corrected chi connectivity index (χ0v) is 19.1. The molecule has 0 fully saturated rings. The molecular weight excluding hydrogens is 406 g/mol. The highest BCUT2D eigenvalue weighted by atomic mass is 16.6. The average molecular weight is 439 g/mol. The summed E-state index contributed by atoms with van der Waals surface area (Å²) in [6, 6.07) is 15.0. The first kappa shape index (κ1) is 23.5. The highest BCUT2D eigenvalue weighted by molar-refractivity contribution is 5.82. The molecular formula is C25H32N3O4+. The van der Waals surface area contributed by atoms with Crippen LogP contribution in [0.2, 0.25) is 0 Å². The van der Waals surface area contributed by atoms with Crippen LogP contribution in [0.25, 0.3) is 10.9 Å². The van der Waals surface area contributed by atoms with Crippen molar-refractivity contribution in [3.63, 3.8) is 0 Å². The van der Waals surface area contributed by atoms with Gasteiger partial charge in [0, 0.05) is 35.8 Å². The molecule has 0 radical (unpaired) electrons. The minimum atomic E-state index is -0.369. The molecule has 7 heteroatoms. The Morgan fingerprint density at radius 2 is 1.72 bits per heavy atom. The summed E-state index contributed by atoms with van der Waals surface area (Å²) < 4.78 is 8.25. The van der Waals surface area contributed by atoms with Crippen LogP contribution >= 0.6 is 0 Å². The molecule has 0 atom stereocenters. The first-order chi connectivity index (χ1) is 15.2. The fraction of sp³-hybridized carbons (Fsp3) is 0.400. The second kappa shape index (κ2) is 10.4. The van der Waals surface area contributed by atoms with E-state index in [1.807, 2.05) is 30.5 Å². The van der Waals surface area contributed by atoms with Gasteiger partial charge in [-0.05, 0) is 49.1 Å². The Kier molecular flexibility index (Phi) is 7.64. The van der Waals surface area contributed by atoms with Gasteiger partial charge in [0.15, 0.2) is 0 Å². The normalized spacial score (nSPS) is 11.6. The number of benzene rings is 2. The van der Waals surface area contributed by atoms with Crippen LogP contribution in [0.3, 0.4) is 0 Å². The van der Waals surface area contributed by atoms with Gasteiger partial charge in [-0.15, -0.1) is 0 Å². The van der Waals surface area contributed by atoms with Crippen molar-refractivity contribution in [3.8, 4) is 0 Å². The molecule has 2 aromatic carbocycles. The summed E-state index contributed by atoms with van der Waals surface area (Å²) in [4.78, 5) is 22.6. The van der Waals surface area contributed by atoms with E-state index in [9.17, 15) is 14.9 Å². The number of carbonyl (C=O) groups excluding carboxylic acids is 1. The number of quaternary nitrogens is 1. The number of esters is 1. The Bertz CT molecular complexity index is 1060. The van der Waals surface area contributed by atoms with E-state index in [2.05, 4.69) is 37.8 Å². The average Bonchev–Trinajstić information content (AvgIpc) is 3.15. The van der Waals surface area contributed by atoms with Gasteiger partial charge in [-0.1, -0.05) is 18.6 Å². The lowest BCUT2D eigenvalue weighted by atomic mass is 10.1. The molecule has 7 nitrogen and oxygen atoms in total. The van der Waals surface area contributed by atoms with E-state index >= 15 is 0 Å². The van der Waals surface area contributed by atoms with Crippen molar-refractivity contribution in [1.82, 2.24) is 9.05 Å². The van der Waals surface area contributed by atoms with Gasteiger partial charge in [0.05, 0.1) is 39.1 Å². The van der Waals surface area contributed by atoms with Crippen molar-refractivity contribution in [2.75, 3.05) is 27.7 Å². The van der Waals surface area contributed by atoms with E-state index in [4.69, 9.17) is 4.74 Å². The van der Waals surface area contributed by atoms with Gasteiger partial charge >= 0.3 is 5.97 Å². The maximum Gasteiger partial charge on any atom is 0.310 e. The number of nitrogens with zero attached hydrogens (tertiary/aromatic N) is 3. The van der Waals surface area contributed by atoms with Gasteiger partial charge in [-0.25, -0.2) is 0 Å². The van der Waals surface area contributed by atoms with Gasteiger partial charge in [-0.3, -0.25) is 19.4 Å². The quantitative estimate of drug-likeness (QED) is 0.137. The second-order valence-corrected chi connectivity index (χ2v) is 9.00. The molecule has 0 saturated carbocycles. The fourth-order valence-electron chi connectivity index (χ4n) is 3.70. The van der Waals surface area contributed by atoms with Crippen LogP contribution in [0.15, 0.2) is 54.7 Å². The molecule has 0 aliphatic rings. The van der Waals surface area contributed by atoms with Gasteiger partial charge in [0.2, 0.25) is 0 Å². The number of aromatic nitrogens is 1. The SMILES string of the molecule is C[N+](C)(C)c1ccc(CC(=O)OCCCCCCn2ccc3cc([N+](=O)[O-])ccc32)cc1. The van der Waals surface area contributed by atoms with Crippen molar-refractivity contribution in [2.24, 2.45) is 0 Å². The molecule has 0 bridgehead atoms. The molecule has 0 N–H and O–H groups in total. The number of non-ortho nitro benzene ring substituents is 1. The van der Waals surface area contributed by atoms with Gasteiger partial charge in [0.25, 0.3) is 5.69 Å². The Hall–Kier alpha value is -3.19. The van der Waals surface area contributed by atoms with E-state index < -0.39 is 0 Å². The fourth-order valence-corrected chi connectivity index (χ4v) is 3.70. The Balaban J connectivity index is 1.32. The highest BCUT2D eigenvalue weighted by Gasteiger charge is 2.12. The third kappa shape index (κ3) is 6.40. The largest absolute Gasteiger partial charge is 0.465 e. The summed E-state index contributed by atoms with van der Waals surface area (Å²) in [7, 11) is 6.33. The van der Waals surface area contributed by atoms with Crippen molar-refractivity contribution in [1.29, 1.82) is 0 Å². The minimum absolute atomic E-state index is 0.117. The number of fused-ring (bicyclic) bond motifs is 1. The standard InChI is InChI=1S/C25H32N3O4/c1-28(2,3)23-11-8-20(9-12-23)18-25(29)32-17-7-5-4-6-15-26-16-14-21-19-22(27(30)31)10-13-24(21)26/h8-14,16,19H,4-7,15,17-18H2,1-3H3/q+1. The van der Waals surface area contributed by atoms with Crippen LogP contribution in [0.4, 0.5) is 11.4 Å². The smallest absolute Gasteiger partial charge is 0.310 e. The monoisotopic (exact) mass is 438 g/mol. The summed E-state index contributed by atoms with van der Waals surface area (Å²) in [5.41, 5.74) is 3.29. The van der Waals surface area contributed by atoms with E-state index in [1.54, 1.807) is 12.1 Å². The van der Waals surface area contributed by atoms with Crippen molar-refractivity contribution in [3.05, 3.63) is 70.4 Å². The molecule has 0 unspecified atom stereocenters. The summed E-state index contributed by atoms with van der Waals surface area (Å²) in [6.45, 7) is 1.32. The van der Waals surface area contributed by atoms with Gasteiger partial charge in [0.1, 0.15) is 5.69 Å². The highest BCUT2D eigenvalue weighted by Crippen LogP contribution is 2.22. The van der Waals surface area contributed by atoms with Gasteiger partial charge < -0.3 is 9.30 Å². The maximum absolute atomic E-state index is 12.1. The van der Waals surface area contributed by atoms with Crippen LogP contribution in [-0.2, 0) is 22.5 Å². The zero-order chi connectivity index (χ0) is 23.1. The summed E-state index contributed by atoms with van der Waals surface area (Å²) in [6.07, 6.45) is 6.17. The van der Waals surface area contributed by atoms with Gasteiger partial charge in [-0.2, -0.15) is 0 Å². The number of hydrogen-bond acceptors (Lipinski definition) is 4. The number of nitro groups is 1. The van der Waals surface area contributed by atoms with Crippen molar-refractivity contribution in [2.45, 2.75) is 38.6 Å². The molecule has 3 aromatic rings. The molecule has 3 rings (SSSR count). The Morgan fingerprint density at radius 1 is 1.00 bits per heavy atom. The molecule has 0 amide bonds. The number of unbranched alkanes of at least 4 members (excludes halogenated alkanes) is 3. The number of carbonyl (C=O) groups is 1. The molecule has 0 spiro atoms. The number of rotatable bonds is 11. The predicted molar refractivity (Wildman–Crippen MR) is 128 cm³/mol. The second-order valence-electron chi connectivity index (χ2n) is 9.00. The molecule has 0 aliphatic heterocycles. The van der Waals surface area contributed by atoms with Crippen LogP contribution in [0.5, 0.6) is 0 Å². The number of nitro benzene ring substituents is 1. The molecule has 0 saturated heterocycles. The van der Waals surface area contributed by atoms with Crippen molar-refractivity contribution >= 4 is 28.2 Å². The number of ether oxygens (including phenoxy) is 1.